The van der Waals surface area contributed by atoms with E-state index in [9.17, 15) is 14.4 Å². The summed E-state index contributed by atoms with van der Waals surface area (Å²) in [5.41, 5.74) is 2.10. The van der Waals surface area contributed by atoms with Crippen LogP contribution in [0.15, 0.2) is 0 Å². The molecule has 27 heavy (non-hydrogen) atoms. The molecule has 1 aliphatic heterocycles. The normalized spacial score (nSPS) is 18.8. The second-order valence-corrected chi connectivity index (χ2v) is 6.97. The van der Waals surface area contributed by atoms with Crippen LogP contribution in [0.5, 0.6) is 0 Å². The smallest absolute Gasteiger partial charge is 0.340 e. The summed E-state index contributed by atoms with van der Waals surface area (Å²) in [6.07, 6.45) is 1.63. The van der Waals surface area contributed by atoms with Crippen molar-refractivity contribution < 1.29 is 23.9 Å². The van der Waals surface area contributed by atoms with E-state index in [0.717, 1.165) is 19.4 Å². The minimum absolute atomic E-state index is 0.0874. The number of rotatable bonds is 7. The summed E-state index contributed by atoms with van der Waals surface area (Å²) in [5.74, 6) is -0.902. The fraction of sp³-hybridized carbons (Fsp3) is 0.650. The molecule has 150 valence electrons. The van der Waals surface area contributed by atoms with Crippen LogP contribution in [0.3, 0.4) is 0 Å². The van der Waals surface area contributed by atoms with Gasteiger partial charge in [0.15, 0.2) is 5.78 Å². The molecule has 0 radical (unpaired) electrons. The highest BCUT2D eigenvalue weighted by molar-refractivity contribution is 6.03. The van der Waals surface area contributed by atoms with Crippen LogP contribution in [0.1, 0.15) is 65.7 Å². The lowest BCUT2D eigenvalue weighted by Crippen LogP contribution is -2.47. The highest BCUT2D eigenvalue weighted by atomic mass is 16.5. The average Bonchev–Trinajstić information content (AvgIpc) is 2.95. The predicted octanol–water partition coefficient (Wildman–Crippen LogP) is 2.65. The highest BCUT2D eigenvalue weighted by Crippen LogP contribution is 2.24. The van der Waals surface area contributed by atoms with Crippen LogP contribution >= 0.6 is 0 Å². The summed E-state index contributed by atoms with van der Waals surface area (Å²) in [6.45, 7) is 10.8. The molecule has 0 aliphatic carbocycles. The van der Waals surface area contributed by atoms with E-state index in [1.54, 1.807) is 27.7 Å². The van der Waals surface area contributed by atoms with E-state index in [0.29, 0.717) is 35.7 Å². The van der Waals surface area contributed by atoms with E-state index >= 15 is 0 Å². The molecule has 0 unspecified atom stereocenters. The zero-order chi connectivity index (χ0) is 20.1. The zero-order valence-corrected chi connectivity index (χ0v) is 16.9. The van der Waals surface area contributed by atoms with E-state index in [1.165, 1.54) is 0 Å². The first-order valence-corrected chi connectivity index (χ1v) is 9.62. The van der Waals surface area contributed by atoms with Crippen LogP contribution in [0.25, 0.3) is 0 Å². The van der Waals surface area contributed by atoms with Gasteiger partial charge in [-0.2, -0.15) is 0 Å². The molecule has 1 aromatic rings. The largest absolute Gasteiger partial charge is 0.466 e. The zero-order valence-electron chi connectivity index (χ0n) is 16.9. The van der Waals surface area contributed by atoms with E-state index in [4.69, 9.17) is 9.47 Å². The number of likely N-dealkylation sites (tertiary alicyclic amines) is 1. The van der Waals surface area contributed by atoms with Crippen molar-refractivity contribution in [2.24, 2.45) is 5.92 Å². The molecule has 1 aliphatic rings. The van der Waals surface area contributed by atoms with Gasteiger partial charge in [-0.15, -0.1) is 0 Å². The maximum atomic E-state index is 13.1. The van der Waals surface area contributed by atoms with Crippen molar-refractivity contribution in [2.75, 3.05) is 26.3 Å². The maximum Gasteiger partial charge on any atom is 0.340 e. The lowest BCUT2D eigenvalue weighted by molar-refractivity contribution is -0.150. The molecule has 0 amide bonds. The first-order valence-electron chi connectivity index (χ1n) is 9.62. The molecule has 1 N–H and O–H groups in total. The number of nitrogens with zero attached hydrogens (tertiary/aromatic N) is 1. The third kappa shape index (κ3) is 4.58. The first kappa shape index (κ1) is 21.2. The number of H-pyrrole nitrogens is 1. The van der Waals surface area contributed by atoms with Gasteiger partial charge < -0.3 is 14.5 Å². The van der Waals surface area contributed by atoms with Crippen molar-refractivity contribution in [1.82, 2.24) is 9.88 Å². The van der Waals surface area contributed by atoms with Crippen molar-refractivity contribution in [2.45, 2.75) is 53.5 Å². The van der Waals surface area contributed by atoms with Crippen molar-refractivity contribution in [1.29, 1.82) is 0 Å². The molecule has 7 heteroatoms. The van der Waals surface area contributed by atoms with Gasteiger partial charge in [0.1, 0.15) is 0 Å². The van der Waals surface area contributed by atoms with Gasteiger partial charge in [0, 0.05) is 12.2 Å². The number of hydrogen-bond acceptors (Lipinski definition) is 6. The number of nitrogens with one attached hydrogen (secondary N) is 1. The summed E-state index contributed by atoms with van der Waals surface area (Å²) in [5, 5.41) is 0. The fourth-order valence-electron chi connectivity index (χ4n) is 3.69. The van der Waals surface area contributed by atoms with Gasteiger partial charge in [-0.1, -0.05) is 0 Å². The van der Waals surface area contributed by atoms with E-state index < -0.39 is 12.0 Å². The van der Waals surface area contributed by atoms with E-state index in [2.05, 4.69) is 4.98 Å². The second kappa shape index (κ2) is 9.17. The summed E-state index contributed by atoms with van der Waals surface area (Å²) >= 11 is 0. The molecule has 1 aromatic heterocycles. The number of ether oxygens (including phenoxy) is 2. The molecular formula is C20H30N2O5. The molecular weight excluding hydrogens is 348 g/mol. The van der Waals surface area contributed by atoms with Gasteiger partial charge in [-0.25, -0.2) is 4.79 Å². The Bertz CT molecular complexity index is 709. The number of aromatic amines is 1. The van der Waals surface area contributed by atoms with Gasteiger partial charge >= 0.3 is 11.9 Å². The Morgan fingerprint density at radius 2 is 1.85 bits per heavy atom. The Morgan fingerprint density at radius 1 is 1.19 bits per heavy atom. The van der Waals surface area contributed by atoms with E-state index in [-0.39, 0.29) is 24.3 Å². The Kier molecular flexibility index (Phi) is 7.18. The maximum absolute atomic E-state index is 13.1. The topological polar surface area (TPSA) is 88.7 Å². The monoisotopic (exact) mass is 378 g/mol. The molecule has 0 bridgehead atoms. The number of piperidine rings is 1. The molecule has 1 saturated heterocycles. The van der Waals surface area contributed by atoms with Gasteiger partial charge in [0.2, 0.25) is 0 Å². The number of carbonyl (C=O) groups is 3. The average molecular weight is 378 g/mol. The number of ketones is 1. The van der Waals surface area contributed by atoms with Crippen molar-refractivity contribution in [3.63, 3.8) is 0 Å². The Labute approximate surface area is 160 Å². The number of hydrogen-bond donors (Lipinski definition) is 1. The van der Waals surface area contributed by atoms with Crippen molar-refractivity contribution >= 4 is 17.7 Å². The number of aryl methyl sites for hydroxylation is 1. The van der Waals surface area contributed by atoms with Crippen LogP contribution in [-0.2, 0) is 14.3 Å². The molecule has 2 heterocycles. The van der Waals surface area contributed by atoms with Gasteiger partial charge in [0.05, 0.1) is 36.4 Å². The molecule has 0 saturated carbocycles. The Hall–Kier alpha value is -2.15. The van der Waals surface area contributed by atoms with Crippen LogP contribution in [0.4, 0.5) is 0 Å². The third-order valence-electron chi connectivity index (χ3n) is 5.16. The second-order valence-electron chi connectivity index (χ2n) is 6.97. The SMILES string of the molecule is CCOC(=O)c1c(C)[nH]c(C(=O)[C@H](C)N2CCC[C@@H](C(=O)OCC)C2)c1C. The fourth-order valence-corrected chi connectivity index (χ4v) is 3.69. The number of carbonyl (C=O) groups excluding carboxylic acids is 3. The van der Waals surface area contributed by atoms with Crippen LogP contribution in [-0.4, -0.2) is 60.0 Å². The predicted molar refractivity (Wildman–Crippen MR) is 101 cm³/mol. The lowest BCUT2D eigenvalue weighted by atomic mass is 9.95. The minimum atomic E-state index is -0.421. The summed E-state index contributed by atoms with van der Waals surface area (Å²) in [6, 6.07) is -0.394. The Balaban J connectivity index is 2.16. The van der Waals surface area contributed by atoms with Crippen LogP contribution in [0, 0.1) is 19.8 Å². The standard InChI is InChI=1S/C20H30N2O5/c1-6-26-19(24)15-9-8-10-22(11-15)14(5)18(23)17-12(3)16(13(4)21-17)20(25)27-7-2/h14-15,21H,6-11H2,1-5H3/t14-,15+/m0/s1. The van der Waals surface area contributed by atoms with Crippen molar-refractivity contribution in [3.8, 4) is 0 Å². The first-order chi connectivity index (χ1) is 12.8. The molecule has 2 atom stereocenters. The molecule has 2 rings (SSSR count). The molecule has 0 aromatic carbocycles. The quantitative estimate of drug-likeness (QED) is 0.580. The highest BCUT2D eigenvalue weighted by Gasteiger charge is 2.33. The van der Waals surface area contributed by atoms with Crippen LogP contribution < -0.4 is 0 Å². The summed E-state index contributed by atoms with van der Waals surface area (Å²) < 4.78 is 10.2. The van der Waals surface area contributed by atoms with Gasteiger partial charge in [0.25, 0.3) is 0 Å². The Morgan fingerprint density at radius 3 is 2.48 bits per heavy atom. The minimum Gasteiger partial charge on any atom is -0.466 e. The van der Waals surface area contributed by atoms with Crippen molar-refractivity contribution in [3.05, 3.63) is 22.5 Å². The third-order valence-corrected chi connectivity index (χ3v) is 5.16. The van der Waals surface area contributed by atoms with E-state index in [1.807, 2.05) is 11.8 Å². The number of aromatic nitrogens is 1. The molecule has 1 fully saturated rings. The summed E-state index contributed by atoms with van der Waals surface area (Å²) in [4.78, 5) is 42.4. The molecule has 0 spiro atoms. The van der Waals surface area contributed by atoms with Gasteiger partial charge in [-0.05, 0) is 59.6 Å². The number of Topliss-reactive ketones (excluding diaryl/α,β-unsaturated/α-hetero) is 1. The van der Waals surface area contributed by atoms with Gasteiger partial charge in [-0.3, -0.25) is 14.5 Å². The summed E-state index contributed by atoms with van der Waals surface area (Å²) in [7, 11) is 0. The van der Waals surface area contributed by atoms with Crippen LogP contribution in [0.2, 0.25) is 0 Å². The lowest BCUT2D eigenvalue weighted by Gasteiger charge is -2.35. The molecule has 7 nitrogen and oxygen atoms in total. The number of esters is 2.